The van der Waals surface area contributed by atoms with E-state index >= 15 is 0 Å². The first-order valence-corrected chi connectivity index (χ1v) is 9.20. The number of hydrogen-bond donors (Lipinski definition) is 1. The summed E-state index contributed by atoms with van der Waals surface area (Å²) in [6.07, 6.45) is 3.43. The van der Waals surface area contributed by atoms with Crippen molar-refractivity contribution in [2.75, 3.05) is 5.32 Å². The highest BCUT2D eigenvalue weighted by atomic mass is 35.5. The second-order valence-corrected chi connectivity index (χ2v) is 6.71. The summed E-state index contributed by atoms with van der Waals surface area (Å²) in [6.45, 7) is 2.56. The Kier molecular flexibility index (Phi) is 4.71. The Morgan fingerprint density at radius 1 is 1.07 bits per heavy atom. The maximum atomic E-state index is 12.9. The van der Waals surface area contributed by atoms with Gasteiger partial charge < -0.3 is 9.88 Å². The van der Waals surface area contributed by atoms with Crippen molar-refractivity contribution in [1.29, 1.82) is 0 Å². The molecule has 0 saturated carbocycles. The number of hydrogen-bond acceptors (Lipinski definition) is 3. The van der Waals surface area contributed by atoms with Crippen LogP contribution in [0.15, 0.2) is 71.8 Å². The van der Waals surface area contributed by atoms with Gasteiger partial charge in [0.25, 0.3) is 11.5 Å². The van der Waals surface area contributed by atoms with E-state index in [1.54, 1.807) is 53.4 Å². The van der Waals surface area contributed by atoms with E-state index < -0.39 is 0 Å². The number of aryl methyl sites for hydroxylation is 1. The molecule has 1 amide bonds. The fourth-order valence-electron chi connectivity index (χ4n) is 2.98. The van der Waals surface area contributed by atoms with Gasteiger partial charge in [-0.1, -0.05) is 29.8 Å². The van der Waals surface area contributed by atoms with Gasteiger partial charge in [0.1, 0.15) is 5.69 Å². The summed E-state index contributed by atoms with van der Waals surface area (Å²) < 4.78 is 3.13. The molecule has 1 N–H and O–H groups in total. The maximum absolute atomic E-state index is 12.9. The van der Waals surface area contributed by atoms with Gasteiger partial charge in [0, 0.05) is 29.6 Å². The first-order valence-electron chi connectivity index (χ1n) is 8.82. The molecule has 0 unspecified atom stereocenters. The van der Waals surface area contributed by atoms with E-state index in [9.17, 15) is 9.59 Å². The predicted molar refractivity (Wildman–Crippen MR) is 110 cm³/mol. The third-order valence-electron chi connectivity index (χ3n) is 4.44. The molecule has 2 aromatic carbocycles. The molecular weight excluding hydrogens is 376 g/mol. The minimum Gasteiger partial charge on any atom is -0.353 e. The minimum atomic E-state index is -0.340. The molecule has 2 heterocycles. The number of anilines is 1. The minimum absolute atomic E-state index is 0.260. The molecule has 2 aromatic rings. The number of pyridine rings is 1. The molecule has 0 saturated heterocycles. The molecule has 2 aliphatic heterocycles. The normalized spacial score (nSPS) is 10.9. The van der Waals surface area contributed by atoms with Crippen molar-refractivity contribution in [2.45, 2.75) is 13.5 Å². The Balaban J connectivity index is 1.82. The fourth-order valence-corrected chi connectivity index (χ4v) is 3.11. The summed E-state index contributed by atoms with van der Waals surface area (Å²) >= 11 is 5.90. The van der Waals surface area contributed by atoms with Crippen LogP contribution < -0.4 is 10.9 Å². The number of halogens is 1. The van der Waals surface area contributed by atoms with Crippen LogP contribution in [0.4, 0.5) is 5.69 Å². The average molecular weight is 393 g/mol. The number of carbonyl (C=O) groups is 1. The molecule has 0 aromatic heterocycles. The quantitative estimate of drug-likeness (QED) is 0.569. The number of fused-ring (bicyclic) bond motifs is 1. The van der Waals surface area contributed by atoms with Gasteiger partial charge in [-0.25, -0.2) is 0 Å². The van der Waals surface area contributed by atoms with E-state index in [0.717, 1.165) is 0 Å². The number of rotatable bonds is 4. The highest BCUT2D eigenvalue weighted by molar-refractivity contribution is 6.30. The van der Waals surface area contributed by atoms with Crippen LogP contribution >= 0.6 is 11.6 Å². The Hall–Kier alpha value is -3.38. The van der Waals surface area contributed by atoms with E-state index in [2.05, 4.69) is 10.4 Å². The number of nitrogens with one attached hydrogen (secondary N) is 1. The summed E-state index contributed by atoms with van der Waals surface area (Å²) in [4.78, 5) is 25.8. The predicted octanol–water partition coefficient (Wildman–Crippen LogP) is 4.06. The standard InChI is InChI=1S/C21H17ClN4O2/c1-2-25-12-17(20(27)23-15-10-8-14(22)9-11-15)19-18(13-25)21(28)26(24-19)16-6-4-3-5-7-16/h3-13H,2H2,1H3,(H,23,27). The zero-order valence-corrected chi connectivity index (χ0v) is 15.8. The highest BCUT2D eigenvalue weighted by Crippen LogP contribution is 2.23. The number of benzene rings is 2. The van der Waals surface area contributed by atoms with Gasteiger partial charge in [0.15, 0.2) is 0 Å². The van der Waals surface area contributed by atoms with Crippen molar-refractivity contribution >= 4 is 23.2 Å². The van der Waals surface area contributed by atoms with Crippen LogP contribution in [0.25, 0.3) is 16.9 Å². The van der Waals surface area contributed by atoms with Crippen LogP contribution in [0.2, 0.25) is 5.02 Å². The molecule has 6 nitrogen and oxygen atoms in total. The molecular formula is C21H17ClN4O2. The van der Waals surface area contributed by atoms with Crippen molar-refractivity contribution in [2.24, 2.45) is 0 Å². The van der Waals surface area contributed by atoms with Crippen molar-refractivity contribution < 1.29 is 4.79 Å². The SMILES string of the molecule is CCn1cc(C(=O)Nc2ccc(Cl)cc2)c2nn(-c3ccccc3)c(=O)c-2c1. The molecule has 7 heteroatoms. The van der Waals surface area contributed by atoms with Gasteiger partial charge in [0.2, 0.25) is 0 Å². The number of aromatic nitrogens is 3. The second-order valence-electron chi connectivity index (χ2n) is 6.28. The number of para-hydroxylation sites is 1. The molecule has 0 atom stereocenters. The smallest absolute Gasteiger partial charge is 0.282 e. The van der Waals surface area contributed by atoms with E-state index in [1.165, 1.54) is 4.68 Å². The van der Waals surface area contributed by atoms with Crippen LogP contribution in [0.5, 0.6) is 0 Å². The lowest BCUT2D eigenvalue weighted by atomic mass is 10.1. The third-order valence-corrected chi connectivity index (χ3v) is 4.69. The van der Waals surface area contributed by atoms with E-state index in [1.807, 2.05) is 25.1 Å². The van der Waals surface area contributed by atoms with E-state index in [4.69, 9.17) is 11.6 Å². The van der Waals surface area contributed by atoms with Crippen molar-refractivity contribution in [3.8, 4) is 16.9 Å². The van der Waals surface area contributed by atoms with Gasteiger partial charge in [-0.15, -0.1) is 0 Å². The fraction of sp³-hybridized carbons (Fsp3) is 0.0952. The lowest BCUT2D eigenvalue weighted by Crippen LogP contribution is -2.17. The van der Waals surface area contributed by atoms with Crippen molar-refractivity contribution in [3.05, 3.63) is 87.9 Å². The largest absolute Gasteiger partial charge is 0.353 e. The molecule has 0 aliphatic carbocycles. The van der Waals surface area contributed by atoms with Gasteiger partial charge in [-0.05, 0) is 43.3 Å². The number of carbonyl (C=O) groups excluding carboxylic acids is 1. The lowest BCUT2D eigenvalue weighted by Gasteiger charge is -2.11. The van der Waals surface area contributed by atoms with Crippen LogP contribution in [0.1, 0.15) is 17.3 Å². The summed E-state index contributed by atoms with van der Waals surface area (Å²) in [5.41, 5.74) is 2.10. The molecule has 0 fully saturated rings. The van der Waals surface area contributed by atoms with Gasteiger partial charge in [-0.2, -0.15) is 9.78 Å². The zero-order chi connectivity index (χ0) is 19.7. The van der Waals surface area contributed by atoms with Crippen LogP contribution in [-0.4, -0.2) is 20.3 Å². The Morgan fingerprint density at radius 2 is 1.79 bits per heavy atom. The molecule has 28 heavy (non-hydrogen) atoms. The van der Waals surface area contributed by atoms with Crippen molar-refractivity contribution in [1.82, 2.24) is 14.3 Å². The maximum Gasteiger partial charge on any atom is 0.282 e. The summed E-state index contributed by atoms with van der Waals surface area (Å²) in [5.74, 6) is -0.340. The average Bonchev–Trinajstić information content (AvgIpc) is 3.06. The Bertz CT molecular complexity index is 1160. The molecule has 140 valence electrons. The highest BCUT2D eigenvalue weighted by Gasteiger charge is 2.24. The summed E-state index contributed by atoms with van der Waals surface area (Å²) in [7, 11) is 0. The second kappa shape index (κ2) is 7.32. The molecule has 4 rings (SSSR count). The van der Waals surface area contributed by atoms with Gasteiger partial charge in [0.05, 0.1) is 16.8 Å². The third kappa shape index (κ3) is 3.30. The van der Waals surface area contributed by atoms with Crippen LogP contribution in [0, 0.1) is 0 Å². The topological polar surface area (TPSA) is 68.9 Å². The van der Waals surface area contributed by atoms with Crippen LogP contribution in [-0.2, 0) is 6.54 Å². The van der Waals surface area contributed by atoms with Gasteiger partial charge in [-0.3, -0.25) is 9.59 Å². The van der Waals surface area contributed by atoms with E-state index in [0.29, 0.717) is 39.8 Å². The molecule has 0 radical (unpaired) electrons. The van der Waals surface area contributed by atoms with E-state index in [-0.39, 0.29) is 11.5 Å². The van der Waals surface area contributed by atoms with Crippen molar-refractivity contribution in [3.63, 3.8) is 0 Å². The lowest BCUT2D eigenvalue weighted by molar-refractivity contribution is 0.102. The Labute approximate surface area is 166 Å². The number of nitrogens with zero attached hydrogens (tertiary/aromatic N) is 3. The number of amides is 1. The summed E-state index contributed by atoms with van der Waals surface area (Å²) in [6, 6.07) is 16.0. The van der Waals surface area contributed by atoms with Gasteiger partial charge >= 0.3 is 0 Å². The summed E-state index contributed by atoms with van der Waals surface area (Å²) in [5, 5.41) is 7.86. The zero-order valence-electron chi connectivity index (χ0n) is 15.1. The molecule has 2 aliphatic rings. The molecule has 0 spiro atoms. The first-order chi connectivity index (χ1) is 13.6. The Morgan fingerprint density at radius 3 is 2.46 bits per heavy atom. The first kappa shape index (κ1) is 18.0. The molecule has 0 bridgehead atoms. The van der Waals surface area contributed by atoms with Crippen LogP contribution in [0.3, 0.4) is 0 Å². The monoisotopic (exact) mass is 392 g/mol.